The van der Waals surface area contributed by atoms with Gasteiger partial charge in [-0.15, -0.1) is 0 Å². The maximum atomic E-state index is 11.5. The molecular formula is C12H15NO2. The number of anilines is 1. The number of ether oxygens (including phenoxy) is 1. The van der Waals surface area contributed by atoms with E-state index in [2.05, 4.69) is 5.32 Å². The van der Waals surface area contributed by atoms with E-state index < -0.39 is 0 Å². The van der Waals surface area contributed by atoms with Crippen molar-refractivity contribution in [3.8, 4) is 0 Å². The molecule has 1 aliphatic rings. The molecule has 2 rings (SSSR count). The highest BCUT2D eigenvalue weighted by atomic mass is 16.5. The molecule has 1 aliphatic heterocycles. The fraction of sp³-hybridized carbons (Fsp3) is 0.417. The van der Waals surface area contributed by atoms with E-state index in [-0.39, 0.29) is 17.9 Å². The molecule has 0 aliphatic carbocycles. The van der Waals surface area contributed by atoms with Crippen LogP contribution in [0.15, 0.2) is 24.3 Å². The maximum absolute atomic E-state index is 11.5. The van der Waals surface area contributed by atoms with Crippen LogP contribution in [0, 0.1) is 5.92 Å². The van der Waals surface area contributed by atoms with Gasteiger partial charge in [0.05, 0.1) is 13.0 Å². The van der Waals surface area contributed by atoms with Crippen molar-refractivity contribution in [3.63, 3.8) is 0 Å². The summed E-state index contributed by atoms with van der Waals surface area (Å²) < 4.78 is 4.80. The van der Waals surface area contributed by atoms with Crippen molar-refractivity contribution in [1.29, 1.82) is 0 Å². The molecule has 80 valence electrons. The molecule has 15 heavy (non-hydrogen) atoms. The van der Waals surface area contributed by atoms with Gasteiger partial charge in [-0.1, -0.05) is 18.2 Å². The smallest absolute Gasteiger partial charge is 0.311 e. The fourth-order valence-electron chi connectivity index (χ4n) is 2.04. The van der Waals surface area contributed by atoms with Crippen molar-refractivity contribution in [2.45, 2.75) is 19.4 Å². The largest absolute Gasteiger partial charge is 0.469 e. The Morgan fingerprint density at radius 2 is 2.20 bits per heavy atom. The van der Waals surface area contributed by atoms with Crippen molar-refractivity contribution < 1.29 is 9.53 Å². The molecule has 0 fully saturated rings. The second kappa shape index (κ2) is 3.93. The molecule has 3 nitrogen and oxygen atoms in total. The Hall–Kier alpha value is -1.51. The summed E-state index contributed by atoms with van der Waals surface area (Å²) in [5.74, 6) is -0.214. The van der Waals surface area contributed by atoms with Crippen LogP contribution in [0.1, 0.15) is 12.5 Å². The Morgan fingerprint density at radius 3 is 2.93 bits per heavy atom. The highest BCUT2D eigenvalue weighted by Crippen LogP contribution is 2.28. The second-order valence-corrected chi connectivity index (χ2v) is 3.92. The first-order valence-corrected chi connectivity index (χ1v) is 5.14. The van der Waals surface area contributed by atoms with E-state index in [1.807, 2.05) is 31.2 Å². The lowest BCUT2D eigenvalue weighted by atomic mass is 9.88. The number of methoxy groups -OCH3 is 1. The molecule has 0 aromatic heterocycles. The van der Waals surface area contributed by atoms with Crippen LogP contribution < -0.4 is 5.32 Å². The molecule has 1 aromatic carbocycles. The molecular weight excluding hydrogens is 190 g/mol. The zero-order chi connectivity index (χ0) is 10.8. The number of nitrogens with one attached hydrogen (secondary N) is 1. The van der Waals surface area contributed by atoms with Gasteiger partial charge in [-0.2, -0.15) is 0 Å². The normalized spacial score (nSPS) is 23.9. The molecule has 1 aromatic rings. The van der Waals surface area contributed by atoms with E-state index in [4.69, 9.17) is 4.74 Å². The number of carbonyl (C=O) groups is 1. The maximum Gasteiger partial charge on any atom is 0.311 e. The second-order valence-electron chi connectivity index (χ2n) is 3.92. The van der Waals surface area contributed by atoms with Gasteiger partial charge in [0.2, 0.25) is 0 Å². The van der Waals surface area contributed by atoms with E-state index >= 15 is 0 Å². The van der Waals surface area contributed by atoms with Crippen LogP contribution in [0.4, 0.5) is 5.69 Å². The van der Waals surface area contributed by atoms with Crippen LogP contribution >= 0.6 is 0 Å². The van der Waals surface area contributed by atoms with Crippen molar-refractivity contribution >= 4 is 11.7 Å². The monoisotopic (exact) mass is 205 g/mol. The zero-order valence-corrected chi connectivity index (χ0v) is 8.99. The molecule has 1 heterocycles. The fourth-order valence-corrected chi connectivity index (χ4v) is 2.04. The van der Waals surface area contributed by atoms with Crippen molar-refractivity contribution in [2.24, 2.45) is 5.92 Å². The number of para-hydroxylation sites is 1. The average molecular weight is 205 g/mol. The summed E-state index contributed by atoms with van der Waals surface area (Å²) in [6.07, 6.45) is 0.761. The molecule has 0 unspecified atom stereocenters. The van der Waals surface area contributed by atoms with Crippen LogP contribution in [0.25, 0.3) is 0 Å². The van der Waals surface area contributed by atoms with E-state index in [1.165, 1.54) is 12.7 Å². The van der Waals surface area contributed by atoms with E-state index in [0.717, 1.165) is 12.1 Å². The van der Waals surface area contributed by atoms with E-state index in [9.17, 15) is 4.79 Å². The number of carbonyl (C=O) groups excluding carboxylic acids is 1. The summed E-state index contributed by atoms with van der Waals surface area (Å²) >= 11 is 0. The topological polar surface area (TPSA) is 38.3 Å². The summed E-state index contributed by atoms with van der Waals surface area (Å²) in [7, 11) is 1.44. The van der Waals surface area contributed by atoms with Gasteiger partial charge in [-0.25, -0.2) is 0 Å². The van der Waals surface area contributed by atoms with Gasteiger partial charge in [-0.3, -0.25) is 4.79 Å². The molecule has 0 amide bonds. The molecule has 0 bridgehead atoms. The Morgan fingerprint density at radius 1 is 1.47 bits per heavy atom. The van der Waals surface area contributed by atoms with Gasteiger partial charge in [0.25, 0.3) is 0 Å². The number of esters is 1. The minimum Gasteiger partial charge on any atom is -0.469 e. The van der Waals surface area contributed by atoms with Gasteiger partial charge < -0.3 is 10.1 Å². The molecule has 0 saturated carbocycles. The third-order valence-electron chi connectivity index (χ3n) is 2.95. The number of fused-ring (bicyclic) bond motifs is 1. The van der Waals surface area contributed by atoms with Gasteiger partial charge in [0.15, 0.2) is 0 Å². The number of hydrogen-bond donors (Lipinski definition) is 1. The molecule has 0 spiro atoms. The zero-order valence-electron chi connectivity index (χ0n) is 8.99. The van der Waals surface area contributed by atoms with Crippen LogP contribution in [-0.2, 0) is 16.0 Å². The van der Waals surface area contributed by atoms with Crippen LogP contribution in [0.3, 0.4) is 0 Å². The SMILES string of the molecule is COC(=O)[C@@H]1Cc2ccccc2N[C@H]1C. The Labute approximate surface area is 89.4 Å². The number of hydrogen-bond acceptors (Lipinski definition) is 3. The standard InChI is InChI=1S/C12H15NO2/c1-8-10(12(14)15-2)7-9-5-3-4-6-11(9)13-8/h3-6,8,10,13H,7H2,1-2H3/t8-,10+/m0/s1. The van der Waals surface area contributed by atoms with Gasteiger partial charge >= 0.3 is 5.97 Å². The van der Waals surface area contributed by atoms with Crippen molar-refractivity contribution in [3.05, 3.63) is 29.8 Å². The van der Waals surface area contributed by atoms with Crippen molar-refractivity contribution in [1.82, 2.24) is 0 Å². The van der Waals surface area contributed by atoms with Gasteiger partial charge in [0, 0.05) is 11.7 Å². The predicted molar refractivity (Wildman–Crippen MR) is 58.7 cm³/mol. The van der Waals surface area contributed by atoms with Crippen molar-refractivity contribution in [2.75, 3.05) is 12.4 Å². The number of benzene rings is 1. The third-order valence-corrected chi connectivity index (χ3v) is 2.95. The predicted octanol–water partition coefficient (Wildman–Crippen LogP) is 1.83. The average Bonchev–Trinajstić information content (AvgIpc) is 2.27. The quantitative estimate of drug-likeness (QED) is 0.711. The Balaban J connectivity index is 2.25. The minimum absolute atomic E-state index is 0.0788. The molecule has 0 saturated heterocycles. The highest BCUT2D eigenvalue weighted by molar-refractivity contribution is 5.76. The summed E-state index contributed by atoms with van der Waals surface area (Å²) in [6, 6.07) is 8.21. The Bertz CT molecular complexity index is 376. The Kier molecular flexibility index (Phi) is 2.62. The molecule has 1 N–H and O–H groups in total. The lowest BCUT2D eigenvalue weighted by Crippen LogP contribution is -2.38. The van der Waals surface area contributed by atoms with E-state index in [1.54, 1.807) is 0 Å². The van der Waals surface area contributed by atoms with Crippen LogP contribution in [-0.4, -0.2) is 19.1 Å². The molecule has 2 atom stereocenters. The first-order chi connectivity index (χ1) is 7.22. The third kappa shape index (κ3) is 1.82. The first-order valence-electron chi connectivity index (χ1n) is 5.14. The van der Waals surface area contributed by atoms with Crippen LogP contribution in [0.5, 0.6) is 0 Å². The number of rotatable bonds is 1. The van der Waals surface area contributed by atoms with E-state index in [0.29, 0.717) is 0 Å². The van der Waals surface area contributed by atoms with Gasteiger partial charge in [0.1, 0.15) is 0 Å². The van der Waals surface area contributed by atoms with Crippen LogP contribution in [0.2, 0.25) is 0 Å². The minimum atomic E-state index is -0.135. The first kappa shape index (κ1) is 10.0. The summed E-state index contributed by atoms with van der Waals surface area (Å²) in [4.78, 5) is 11.5. The highest BCUT2D eigenvalue weighted by Gasteiger charge is 2.30. The van der Waals surface area contributed by atoms with Gasteiger partial charge in [-0.05, 0) is 25.0 Å². The molecule has 3 heteroatoms. The summed E-state index contributed by atoms with van der Waals surface area (Å²) in [6.45, 7) is 2.01. The lowest BCUT2D eigenvalue weighted by Gasteiger charge is -2.30. The lowest BCUT2D eigenvalue weighted by molar-refractivity contribution is -0.145. The molecule has 0 radical (unpaired) electrons. The summed E-state index contributed by atoms with van der Waals surface area (Å²) in [5.41, 5.74) is 2.32. The summed E-state index contributed by atoms with van der Waals surface area (Å²) in [5, 5.41) is 3.32.